The van der Waals surface area contributed by atoms with Gasteiger partial charge in [0.05, 0.1) is 19.6 Å². The van der Waals surface area contributed by atoms with Crippen LogP contribution in [0.4, 0.5) is 5.69 Å². The van der Waals surface area contributed by atoms with Crippen LogP contribution in [0.3, 0.4) is 0 Å². The van der Waals surface area contributed by atoms with Crippen molar-refractivity contribution >= 4 is 11.6 Å². The molecule has 0 atom stereocenters. The fraction of sp³-hybridized carbons (Fsp3) is 0.562. The van der Waals surface area contributed by atoms with E-state index in [2.05, 4.69) is 13.8 Å². The molecule has 0 heterocycles. The lowest BCUT2D eigenvalue weighted by Crippen LogP contribution is -2.37. The van der Waals surface area contributed by atoms with Crippen LogP contribution in [0.5, 0.6) is 5.75 Å². The summed E-state index contributed by atoms with van der Waals surface area (Å²) < 4.78 is 10.6. The molecular formula is C16H26N2O3. The first kappa shape index (κ1) is 17.3. The maximum Gasteiger partial charge on any atom is 0.226 e. The molecule has 5 heteroatoms. The molecule has 0 aliphatic carbocycles. The Hall–Kier alpha value is -1.75. The summed E-state index contributed by atoms with van der Waals surface area (Å²) in [6.45, 7) is 6.44. The zero-order valence-electron chi connectivity index (χ0n) is 13.2. The Morgan fingerprint density at radius 3 is 2.71 bits per heavy atom. The van der Waals surface area contributed by atoms with Crippen molar-refractivity contribution in [3.05, 3.63) is 24.3 Å². The van der Waals surface area contributed by atoms with Crippen LogP contribution >= 0.6 is 0 Å². The first-order valence-corrected chi connectivity index (χ1v) is 7.28. The Morgan fingerprint density at radius 1 is 1.33 bits per heavy atom. The lowest BCUT2D eigenvalue weighted by atomic mass is 10.2. The molecule has 2 N–H and O–H groups in total. The minimum Gasteiger partial charge on any atom is -0.493 e. The molecule has 5 nitrogen and oxygen atoms in total. The average Bonchev–Trinajstić information content (AvgIpc) is 2.43. The molecule has 1 rings (SSSR count). The van der Waals surface area contributed by atoms with Crippen molar-refractivity contribution in [2.75, 3.05) is 39.1 Å². The van der Waals surface area contributed by atoms with Crippen molar-refractivity contribution < 1.29 is 14.3 Å². The lowest BCUT2D eigenvalue weighted by molar-refractivity contribution is -0.132. The van der Waals surface area contributed by atoms with Gasteiger partial charge >= 0.3 is 0 Å². The SMILES string of the molecule is COCCN(CC(C)C)C(=O)CCOc1cccc(N)c1. The Balaban J connectivity index is 2.41. The van der Waals surface area contributed by atoms with Gasteiger partial charge in [0.2, 0.25) is 5.91 Å². The smallest absolute Gasteiger partial charge is 0.226 e. The number of amides is 1. The third-order valence-corrected chi connectivity index (χ3v) is 2.95. The van der Waals surface area contributed by atoms with Gasteiger partial charge in [-0.3, -0.25) is 4.79 Å². The number of nitrogens with two attached hydrogens (primary N) is 1. The third-order valence-electron chi connectivity index (χ3n) is 2.95. The van der Waals surface area contributed by atoms with Crippen molar-refractivity contribution in [3.63, 3.8) is 0 Å². The van der Waals surface area contributed by atoms with E-state index in [9.17, 15) is 4.79 Å². The number of anilines is 1. The monoisotopic (exact) mass is 294 g/mol. The van der Waals surface area contributed by atoms with Gasteiger partial charge in [0.1, 0.15) is 5.75 Å². The molecule has 0 saturated carbocycles. The molecule has 1 amide bonds. The van der Waals surface area contributed by atoms with Crippen LogP contribution in [-0.4, -0.2) is 44.2 Å². The number of hydrogen-bond acceptors (Lipinski definition) is 4. The lowest BCUT2D eigenvalue weighted by Gasteiger charge is -2.24. The van der Waals surface area contributed by atoms with Gasteiger partial charge in [-0.1, -0.05) is 19.9 Å². The van der Waals surface area contributed by atoms with Crippen LogP contribution in [0.15, 0.2) is 24.3 Å². The first-order valence-electron chi connectivity index (χ1n) is 7.28. The fourth-order valence-corrected chi connectivity index (χ4v) is 1.98. The maximum absolute atomic E-state index is 12.2. The molecule has 0 radical (unpaired) electrons. The average molecular weight is 294 g/mol. The summed E-state index contributed by atoms with van der Waals surface area (Å²) in [6, 6.07) is 7.21. The zero-order valence-corrected chi connectivity index (χ0v) is 13.2. The second-order valence-corrected chi connectivity index (χ2v) is 5.40. The van der Waals surface area contributed by atoms with Crippen molar-refractivity contribution in [1.29, 1.82) is 0 Å². The number of carbonyl (C=O) groups is 1. The molecule has 0 unspecified atom stereocenters. The van der Waals surface area contributed by atoms with Crippen molar-refractivity contribution in [3.8, 4) is 5.75 Å². The van der Waals surface area contributed by atoms with Gasteiger partial charge in [0.25, 0.3) is 0 Å². The Morgan fingerprint density at radius 2 is 2.10 bits per heavy atom. The Kier molecular flexibility index (Phi) is 7.61. The second kappa shape index (κ2) is 9.23. The molecule has 21 heavy (non-hydrogen) atoms. The van der Waals surface area contributed by atoms with Gasteiger partial charge in [-0.05, 0) is 18.1 Å². The molecule has 0 bridgehead atoms. The molecular weight excluding hydrogens is 268 g/mol. The minimum atomic E-state index is 0.0876. The van der Waals surface area contributed by atoms with E-state index in [1.807, 2.05) is 17.0 Å². The number of hydrogen-bond donors (Lipinski definition) is 1. The predicted octanol–water partition coefficient (Wildman–Crippen LogP) is 2.17. The normalized spacial score (nSPS) is 10.7. The Bertz CT molecular complexity index is 435. The molecule has 0 spiro atoms. The third kappa shape index (κ3) is 6.99. The largest absolute Gasteiger partial charge is 0.493 e. The summed E-state index contributed by atoms with van der Waals surface area (Å²) in [5.74, 6) is 1.21. The number of benzene rings is 1. The summed E-state index contributed by atoms with van der Waals surface area (Å²) >= 11 is 0. The van der Waals surface area contributed by atoms with Crippen LogP contribution in [0.1, 0.15) is 20.3 Å². The van der Waals surface area contributed by atoms with E-state index < -0.39 is 0 Å². The highest BCUT2D eigenvalue weighted by Gasteiger charge is 2.14. The zero-order chi connectivity index (χ0) is 15.7. The molecule has 1 aromatic carbocycles. The Labute approximate surface area is 127 Å². The van der Waals surface area contributed by atoms with Gasteiger partial charge < -0.3 is 20.1 Å². The van der Waals surface area contributed by atoms with E-state index in [-0.39, 0.29) is 5.91 Å². The van der Waals surface area contributed by atoms with Gasteiger partial charge in [0.15, 0.2) is 0 Å². The topological polar surface area (TPSA) is 64.8 Å². The summed E-state index contributed by atoms with van der Waals surface area (Å²) in [7, 11) is 1.64. The summed E-state index contributed by atoms with van der Waals surface area (Å²) in [5.41, 5.74) is 6.33. The highest BCUT2D eigenvalue weighted by molar-refractivity contribution is 5.76. The van der Waals surface area contributed by atoms with Crippen LogP contribution < -0.4 is 10.5 Å². The van der Waals surface area contributed by atoms with Gasteiger partial charge in [-0.15, -0.1) is 0 Å². The molecule has 0 saturated heterocycles. The number of carbonyl (C=O) groups excluding carboxylic acids is 1. The molecule has 0 fully saturated rings. The summed E-state index contributed by atoms with van der Waals surface area (Å²) in [6.07, 6.45) is 0.352. The number of nitrogens with zero attached hydrogens (tertiary/aromatic N) is 1. The summed E-state index contributed by atoms with van der Waals surface area (Å²) in [5, 5.41) is 0. The second-order valence-electron chi connectivity index (χ2n) is 5.40. The molecule has 0 aromatic heterocycles. The number of methoxy groups -OCH3 is 1. The van der Waals surface area contributed by atoms with E-state index in [0.29, 0.717) is 43.5 Å². The first-order chi connectivity index (χ1) is 10.0. The van der Waals surface area contributed by atoms with E-state index >= 15 is 0 Å². The van der Waals surface area contributed by atoms with Gasteiger partial charge in [-0.2, -0.15) is 0 Å². The van der Waals surface area contributed by atoms with Crippen LogP contribution in [0, 0.1) is 5.92 Å². The van der Waals surface area contributed by atoms with E-state index in [4.69, 9.17) is 15.2 Å². The van der Waals surface area contributed by atoms with E-state index in [1.165, 1.54) is 0 Å². The summed E-state index contributed by atoms with van der Waals surface area (Å²) in [4.78, 5) is 14.0. The molecule has 118 valence electrons. The van der Waals surface area contributed by atoms with Gasteiger partial charge in [-0.25, -0.2) is 0 Å². The van der Waals surface area contributed by atoms with E-state index in [0.717, 1.165) is 6.54 Å². The highest BCUT2D eigenvalue weighted by Crippen LogP contribution is 2.14. The van der Waals surface area contributed by atoms with Crippen LogP contribution in [0.25, 0.3) is 0 Å². The van der Waals surface area contributed by atoms with Crippen molar-refractivity contribution in [1.82, 2.24) is 4.90 Å². The fourth-order valence-electron chi connectivity index (χ4n) is 1.98. The predicted molar refractivity (Wildman–Crippen MR) is 84.3 cm³/mol. The number of ether oxygens (including phenoxy) is 2. The maximum atomic E-state index is 12.2. The molecule has 0 aliphatic rings. The number of rotatable bonds is 9. The quantitative estimate of drug-likeness (QED) is 0.709. The van der Waals surface area contributed by atoms with Crippen molar-refractivity contribution in [2.45, 2.75) is 20.3 Å². The van der Waals surface area contributed by atoms with Crippen LogP contribution in [0.2, 0.25) is 0 Å². The molecule has 0 aliphatic heterocycles. The van der Waals surface area contributed by atoms with Crippen molar-refractivity contribution in [2.24, 2.45) is 5.92 Å². The molecule has 1 aromatic rings. The van der Waals surface area contributed by atoms with Gasteiger partial charge in [0, 0.05) is 32.0 Å². The standard InChI is InChI=1S/C16H26N2O3/c1-13(2)12-18(8-10-20-3)16(19)7-9-21-15-6-4-5-14(17)11-15/h4-6,11,13H,7-10,12,17H2,1-3H3. The highest BCUT2D eigenvalue weighted by atomic mass is 16.5. The van der Waals surface area contributed by atoms with E-state index in [1.54, 1.807) is 19.2 Å². The number of nitrogen functional groups attached to an aromatic ring is 1. The minimum absolute atomic E-state index is 0.0876. The van der Waals surface area contributed by atoms with Crippen LogP contribution in [-0.2, 0) is 9.53 Å².